The van der Waals surface area contributed by atoms with E-state index in [2.05, 4.69) is 6.92 Å². The van der Waals surface area contributed by atoms with Crippen molar-refractivity contribution < 1.29 is 14.3 Å². The molecule has 0 heterocycles. The van der Waals surface area contributed by atoms with E-state index in [1.807, 2.05) is 45.0 Å². The van der Waals surface area contributed by atoms with Crippen molar-refractivity contribution >= 4 is 5.97 Å². The van der Waals surface area contributed by atoms with Crippen LogP contribution in [0.25, 0.3) is 0 Å². The van der Waals surface area contributed by atoms with Crippen molar-refractivity contribution in [1.29, 1.82) is 0 Å². The molecule has 3 nitrogen and oxygen atoms in total. The minimum atomic E-state index is -0.480. The number of rotatable bonds is 7. The minimum Gasteiger partial charge on any atom is -0.426 e. The first-order valence-electron chi connectivity index (χ1n) is 7.32. The number of hydrogen-bond donors (Lipinski definition) is 0. The molecular weight excluding hydrogens is 252 g/mol. The molecule has 0 fully saturated rings. The summed E-state index contributed by atoms with van der Waals surface area (Å²) in [6, 6.07) is 7.64. The molecule has 1 rings (SSSR count). The number of esters is 1. The maximum atomic E-state index is 11.7. The molecule has 0 bridgehead atoms. The Hall–Kier alpha value is -1.35. The number of carbonyl (C=O) groups is 1. The molecule has 112 valence electrons. The van der Waals surface area contributed by atoms with E-state index in [1.54, 1.807) is 0 Å². The monoisotopic (exact) mass is 278 g/mol. The largest absolute Gasteiger partial charge is 0.426 e. The third kappa shape index (κ3) is 6.20. The lowest BCUT2D eigenvalue weighted by Crippen LogP contribution is -2.25. The molecule has 0 unspecified atom stereocenters. The summed E-state index contributed by atoms with van der Waals surface area (Å²) in [5.74, 6) is 0.383. The first-order chi connectivity index (χ1) is 9.43. The Bertz CT molecular complexity index is 401. The van der Waals surface area contributed by atoms with Gasteiger partial charge in [-0.1, -0.05) is 25.5 Å². The molecule has 20 heavy (non-hydrogen) atoms. The summed E-state index contributed by atoms with van der Waals surface area (Å²) < 4.78 is 10.9. The zero-order chi connectivity index (χ0) is 15.0. The van der Waals surface area contributed by atoms with Crippen LogP contribution in [0.3, 0.4) is 0 Å². The maximum Gasteiger partial charge on any atom is 0.316 e. The molecule has 0 aromatic heterocycles. The van der Waals surface area contributed by atoms with Gasteiger partial charge in [0.25, 0.3) is 0 Å². The molecular formula is C17H26O3. The van der Waals surface area contributed by atoms with Gasteiger partial charge in [0.1, 0.15) is 5.75 Å². The van der Waals surface area contributed by atoms with Crippen LogP contribution in [0.2, 0.25) is 0 Å². The first kappa shape index (κ1) is 16.7. The summed E-state index contributed by atoms with van der Waals surface area (Å²) in [5, 5.41) is 0. The van der Waals surface area contributed by atoms with Crippen LogP contribution in [0.1, 0.15) is 46.1 Å². The molecule has 0 aliphatic carbocycles. The van der Waals surface area contributed by atoms with Gasteiger partial charge < -0.3 is 9.47 Å². The predicted octanol–water partition coefficient (Wildman–Crippen LogP) is 4.00. The lowest BCUT2D eigenvalue weighted by molar-refractivity contribution is -0.142. The topological polar surface area (TPSA) is 35.5 Å². The van der Waals surface area contributed by atoms with E-state index < -0.39 is 5.41 Å². The summed E-state index contributed by atoms with van der Waals surface area (Å²) in [6.45, 7) is 9.26. The van der Waals surface area contributed by atoms with Gasteiger partial charge in [-0.3, -0.25) is 4.79 Å². The normalized spacial score (nSPS) is 11.4. The Balaban J connectivity index is 2.39. The van der Waals surface area contributed by atoms with Gasteiger partial charge in [-0.25, -0.2) is 0 Å². The summed E-state index contributed by atoms with van der Waals surface area (Å²) >= 11 is 0. The van der Waals surface area contributed by atoms with Gasteiger partial charge in [0.15, 0.2) is 0 Å². The molecule has 0 radical (unpaired) electrons. The highest BCUT2D eigenvalue weighted by molar-refractivity contribution is 5.77. The van der Waals surface area contributed by atoms with Crippen molar-refractivity contribution in [3.8, 4) is 5.75 Å². The van der Waals surface area contributed by atoms with E-state index in [-0.39, 0.29) is 5.97 Å². The van der Waals surface area contributed by atoms with Crippen LogP contribution < -0.4 is 4.74 Å². The molecule has 0 aliphatic heterocycles. The Morgan fingerprint density at radius 2 is 1.75 bits per heavy atom. The Labute approximate surface area is 122 Å². The van der Waals surface area contributed by atoms with Crippen LogP contribution in [0, 0.1) is 5.41 Å². The van der Waals surface area contributed by atoms with Crippen molar-refractivity contribution in [3.05, 3.63) is 29.8 Å². The molecule has 0 amide bonds. The van der Waals surface area contributed by atoms with Crippen LogP contribution in [-0.2, 0) is 16.0 Å². The van der Waals surface area contributed by atoms with Gasteiger partial charge >= 0.3 is 5.97 Å². The van der Waals surface area contributed by atoms with Crippen LogP contribution in [-0.4, -0.2) is 19.2 Å². The smallest absolute Gasteiger partial charge is 0.316 e. The lowest BCUT2D eigenvalue weighted by atomic mass is 9.97. The summed E-state index contributed by atoms with van der Waals surface area (Å²) in [7, 11) is 0. The average Bonchev–Trinajstić information content (AvgIpc) is 2.39. The number of benzene rings is 1. The molecule has 0 N–H and O–H groups in total. The van der Waals surface area contributed by atoms with E-state index >= 15 is 0 Å². The van der Waals surface area contributed by atoms with Gasteiger partial charge in [0.05, 0.1) is 12.0 Å². The van der Waals surface area contributed by atoms with Gasteiger partial charge in [-0.15, -0.1) is 0 Å². The van der Waals surface area contributed by atoms with E-state index in [1.165, 1.54) is 5.56 Å². The Morgan fingerprint density at radius 1 is 1.10 bits per heavy atom. The second-order valence-corrected chi connectivity index (χ2v) is 6.00. The third-order valence-corrected chi connectivity index (χ3v) is 2.92. The summed E-state index contributed by atoms with van der Waals surface area (Å²) in [5.41, 5.74) is 0.711. The molecule has 1 aromatic rings. The highest BCUT2D eigenvalue weighted by Crippen LogP contribution is 2.19. The SMILES string of the molecule is CCCCOCCc1ccc(OC(=O)C(C)(C)C)cc1. The van der Waals surface area contributed by atoms with Crippen molar-refractivity contribution in [3.63, 3.8) is 0 Å². The van der Waals surface area contributed by atoms with Gasteiger partial charge in [0.2, 0.25) is 0 Å². The minimum absolute atomic E-state index is 0.215. The van der Waals surface area contributed by atoms with E-state index in [0.29, 0.717) is 5.75 Å². The van der Waals surface area contributed by atoms with Crippen LogP contribution >= 0.6 is 0 Å². The van der Waals surface area contributed by atoms with Crippen molar-refractivity contribution in [2.45, 2.75) is 47.0 Å². The van der Waals surface area contributed by atoms with Gasteiger partial charge in [-0.05, 0) is 51.3 Å². The fraction of sp³-hybridized carbons (Fsp3) is 0.588. The molecule has 0 atom stereocenters. The zero-order valence-electron chi connectivity index (χ0n) is 13.1. The molecule has 1 aromatic carbocycles. The maximum absolute atomic E-state index is 11.7. The zero-order valence-corrected chi connectivity index (χ0v) is 13.1. The standard InChI is InChI=1S/C17H26O3/c1-5-6-12-19-13-11-14-7-9-15(10-8-14)20-16(18)17(2,3)4/h7-10H,5-6,11-13H2,1-4H3. The molecule has 0 aliphatic rings. The molecule has 0 spiro atoms. The number of ether oxygens (including phenoxy) is 2. The van der Waals surface area contributed by atoms with E-state index in [0.717, 1.165) is 32.5 Å². The first-order valence-corrected chi connectivity index (χ1v) is 7.32. The third-order valence-electron chi connectivity index (χ3n) is 2.92. The van der Waals surface area contributed by atoms with E-state index in [9.17, 15) is 4.79 Å². The average molecular weight is 278 g/mol. The quantitative estimate of drug-likeness (QED) is 0.429. The van der Waals surface area contributed by atoms with Gasteiger partial charge in [-0.2, -0.15) is 0 Å². The van der Waals surface area contributed by atoms with Gasteiger partial charge in [0, 0.05) is 6.61 Å². The second kappa shape index (κ2) is 8.05. The molecule has 0 saturated carbocycles. The molecule has 3 heteroatoms. The second-order valence-electron chi connectivity index (χ2n) is 6.00. The van der Waals surface area contributed by atoms with Crippen LogP contribution in [0.4, 0.5) is 0 Å². The van der Waals surface area contributed by atoms with Crippen molar-refractivity contribution in [1.82, 2.24) is 0 Å². The Kier molecular flexibility index (Phi) is 6.73. The number of unbranched alkanes of at least 4 members (excludes halogenated alkanes) is 1. The fourth-order valence-corrected chi connectivity index (χ4v) is 1.52. The van der Waals surface area contributed by atoms with Crippen molar-refractivity contribution in [2.75, 3.05) is 13.2 Å². The highest BCUT2D eigenvalue weighted by atomic mass is 16.5. The number of hydrogen-bond acceptors (Lipinski definition) is 3. The van der Waals surface area contributed by atoms with Crippen LogP contribution in [0.5, 0.6) is 5.75 Å². The predicted molar refractivity (Wildman–Crippen MR) is 81.0 cm³/mol. The summed E-state index contributed by atoms with van der Waals surface area (Å²) in [6.07, 6.45) is 3.16. The van der Waals surface area contributed by atoms with E-state index in [4.69, 9.17) is 9.47 Å². The van der Waals surface area contributed by atoms with Crippen LogP contribution in [0.15, 0.2) is 24.3 Å². The highest BCUT2D eigenvalue weighted by Gasteiger charge is 2.23. The fourth-order valence-electron chi connectivity index (χ4n) is 1.52. The molecule has 0 saturated heterocycles. The Morgan fingerprint density at radius 3 is 2.30 bits per heavy atom. The van der Waals surface area contributed by atoms with Crippen molar-refractivity contribution in [2.24, 2.45) is 5.41 Å². The number of carbonyl (C=O) groups excluding carboxylic acids is 1. The lowest BCUT2D eigenvalue weighted by Gasteiger charge is -2.16. The summed E-state index contributed by atoms with van der Waals surface area (Å²) in [4.78, 5) is 11.7.